The van der Waals surface area contributed by atoms with Crippen LogP contribution >= 0.6 is 11.7 Å². The second-order valence-electron chi connectivity index (χ2n) is 2.88. The zero-order chi connectivity index (χ0) is 9.97. The highest BCUT2D eigenvalue weighted by Crippen LogP contribution is 2.25. The minimum atomic E-state index is 0. The van der Waals surface area contributed by atoms with Crippen molar-refractivity contribution < 1.29 is 33.3 Å². The van der Waals surface area contributed by atoms with Gasteiger partial charge in [-0.1, -0.05) is 0 Å². The van der Waals surface area contributed by atoms with E-state index in [2.05, 4.69) is 8.75 Å². The Kier molecular flexibility index (Phi) is 4.40. The zero-order valence-electron chi connectivity index (χ0n) is 8.35. The molecule has 0 radical (unpaired) electrons. The number of nitrogens with zero attached hydrogens (tertiary/aromatic N) is 3. The maximum absolute atomic E-state index is 5.11. The molecule has 6 heteroatoms. The molecule has 0 bridgehead atoms. The van der Waals surface area contributed by atoms with Gasteiger partial charge < -0.3 is 28.7 Å². The van der Waals surface area contributed by atoms with E-state index >= 15 is 0 Å². The van der Waals surface area contributed by atoms with E-state index in [1.54, 1.807) is 7.11 Å². The van der Waals surface area contributed by atoms with Crippen LogP contribution in [0.3, 0.4) is 0 Å². The van der Waals surface area contributed by atoms with Crippen LogP contribution in [-0.4, -0.2) is 15.9 Å². The quantitative estimate of drug-likeness (QED) is 0.473. The van der Waals surface area contributed by atoms with Gasteiger partial charge in [0, 0.05) is 6.07 Å². The van der Waals surface area contributed by atoms with Gasteiger partial charge in [-0.2, -0.15) is 4.37 Å². The summed E-state index contributed by atoms with van der Waals surface area (Å²) in [6, 6.07) is 3.95. The summed E-state index contributed by atoms with van der Waals surface area (Å²) in [7, 11) is 3.57. The van der Waals surface area contributed by atoms with Crippen molar-refractivity contribution in [2.45, 2.75) is 0 Å². The van der Waals surface area contributed by atoms with Gasteiger partial charge in [-0.05, 0) is 6.07 Å². The fourth-order valence-corrected chi connectivity index (χ4v) is 1.76. The molecule has 0 atom stereocenters. The van der Waals surface area contributed by atoms with Crippen LogP contribution in [0, 0.1) is 0 Å². The van der Waals surface area contributed by atoms with E-state index in [9.17, 15) is 0 Å². The van der Waals surface area contributed by atoms with Crippen LogP contribution in [-0.2, 0) is 7.05 Å². The lowest BCUT2D eigenvalue weighted by molar-refractivity contribution is -0.671. The van der Waals surface area contributed by atoms with E-state index in [0.29, 0.717) is 5.88 Å². The second-order valence-corrected chi connectivity index (χ2v) is 3.41. The van der Waals surface area contributed by atoms with Gasteiger partial charge in [-0.25, -0.2) is 4.57 Å². The minimum absolute atomic E-state index is 0. The number of aromatic nitrogens is 3. The largest absolute Gasteiger partial charge is 1.00 e. The molecule has 0 saturated heterocycles. The van der Waals surface area contributed by atoms with Gasteiger partial charge in [-0.3, -0.25) is 0 Å². The van der Waals surface area contributed by atoms with Crippen molar-refractivity contribution in [3.8, 4) is 17.1 Å². The second kappa shape index (κ2) is 5.36. The summed E-state index contributed by atoms with van der Waals surface area (Å²) in [5, 5.41) is 0. The first-order chi connectivity index (χ1) is 6.81. The molecule has 0 aliphatic carbocycles. The molecule has 2 heterocycles. The topological polar surface area (TPSA) is 38.9 Å². The van der Waals surface area contributed by atoms with E-state index in [-0.39, 0.29) is 24.0 Å². The first-order valence-electron chi connectivity index (χ1n) is 4.13. The van der Waals surface area contributed by atoms with Crippen molar-refractivity contribution in [1.29, 1.82) is 0 Å². The van der Waals surface area contributed by atoms with Gasteiger partial charge in [0.05, 0.1) is 24.4 Å². The van der Waals surface area contributed by atoms with E-state index in [1.807, 2.05) is 36.1 Å². The Bertz CT molecular complexity index is 446. The average Bonchev–Trinajstić information content (AvgIpc) is 2.65. The highest BCUT2D eigenvalue weighted by molar-refractivity contribution is 6.99. The van der Waals surface area contributed by atoms with Crippen molar-refractivity contribution in [3.63, 3.8) is 0 Å². The number of methoxy groups -OCH3 is 1. The lowest BCUT2D eigenvalue weighted by Crippen LogP contribution is -3.00. The molecule has 0 fully saturated rings. The van der Waals surface area contributed by atoms with Crippen molar-refractivity contribution in [1.82, 2.24) is 8.75 Å². The molecule has 0 N–H and O–H groups in total. The molecule has 0 unspecified atom stereocenters. The summed E-state index contributed by atoms with van der Waals surface area (Å²) in [4.78, 5) is 0. The first-order valence-corrected chi connectivity index (χ1v) is 4.86. The van der Waals surface area contributed by atoms with Crippen LogP contribution in [0.4, 0.5) is 0 Å². The van der Waals surface area contributed by atoms with Gasteiger partial charge in [0.1, 0.15) is 7.05 Å². The standard InChI is InChI=1S/C9H10N3OS.HI/c1-12-5-3-4-7(6-12)8-9(13-2)11-14-10-8;/h3-6H,1-2H3;1H/q+1;/p-1. The molecule has 0 aromatic carbocycles. The van der Waals surface area contributed by atoms with Gasteiger partial charge >= 0.3 is 0 Å². The Morgan fingerprint density at radius 2 is 2.20 bits per heavy atom. The van der Waals surface area contributed by atoms with Crippen LogP contribution in [0.1, 0.15) is 0 Å². The predicted molar refractivity (Wildman–Crippen MR) is 53.1 cm³/mol. The highest BCUT2D eigenvalue weighted by Gasteiger charge is 2.12. The number of ether oxygens (including phenoxy) is 1. The monoisotopic (exact) mass is 335 g/mol. The summed E-state index contributed by atoms with van der Waals surface area (Å²) in [6.07, 6.45) is 3.95. The summed E-state index contributed by atoms with van der Waals surface area (Å²) in [5.74, 6) is 0.584. The molecule has 4 nitrogen and oxygen atoms in total. The molecular formula is C9H10IN3OS. The Morgan fingerprint density at radius 1 is 1.40 bits per heavy atom. The third-order valence-electron chi connectivity index (χ3n) is 1.86. The van der Waals surface area contributed by atoms with Crippen molar-refractivity contribution >= 4 is 11.7 Å². The van der Waals surface area contributed by atoms with Crippen LogP contribution in [0.5, 0.6) is 5.88 Å². The van der Waals surface area contributed by atoms with Crippen molar-refractivity contribution in [3.05, 3.63) is 24.5 Å². The van der Waals surface area contributed by atoms with Crippen LogP contribution in [0.25, 0.3) is 11.3 Å². The Morgan fingerprint density at radius 3 is 2.87 bits per heavy atom. The van der Waals surface area contributed by atoms with Gasteiger partial charge in [0.25, 0.3) is 5.88 Å². The first kappa shape index (κ1) is 12.3. The maximum Gasteiger partial charge on any atom is 0.253 e. The van der Waals surface area contributed by atoms with Gasteiger partial charge in [-0.15, -0.1) is 4.37 Å². The lowest BCUT2D eigenvalue weighted by Gasteiger charge is -1.97. The normalized spacial score (nSPS) is 9.47. The number of hydrogen-bond acceptors (Lipinski definition) is 4. The molecule has 0 saturated carbocycles. The Hall–Kier alpha value is -0.760. The molecule has 0 amide bonds. The fourth-order valence-electron chi connectivity index (χ4n) is 1.22. The van der Waals surface area contributed by atoms with Crippen LogP contribution in [0.15, 0.2) is 24.5 Å². The third kappa shape index (κ3) is 2.63. The van der Waals surface area contributed by atoms with E-state index in [4.69, 9.17) is 4.74 Å². The summed E-state index contributed by atoms with van der Waals surface area (Å²) >= 11 is 1.16. The zero-order valence-corrected chi connectivity index (χ0v) is 11.3. The average molecular weight is 335 g/mol. The van der Waals surface area contributed by atoms with E-state index < -0.39 is 0 Å². The number of halogens is 1. The minimum Gasteiger partial charge on any atom is -1.00 e. The Labute approximate surface area is 109 Å². The SMILES string of the molecule is COc1nsnc1-c1ccc[n+](C)c1.[I-]. The summed E-state index contributed by atoms with van der Waals surface area (Å²) < 4.78 is 15.3. The van der Waals surface area contributed by atoms with Gasteiger partial charge in [0.15, 0.2) is 18.1 Å². The van der Waals surface area contributed by atoms with E-state index in [1.165, 1.54) is 0 Å². The van der Waals surface area contributed by atoms with Gasteiger partial charge in [0.2, 0.25) is 0 Å². The molecule has 2 aromatic rings. The smallest absolute Gasteiger partial charge is 0.253 e. The maximum atomic E-state index is 5.11. The summed E-state index contributed by atoms with van der Waals surface area (Å²) in [5.41, 5.74) is 1.81. The summed E-state index contributed by atoms with van der Waals surface area (Å²) in [6.45, 7) is 0. The molecule has 0 aliphatic heterocycles. The fraction of sp³-hybridized carbons (Fsp3) is 0.222. The molecular weight excluding hydrogens is 325 g/mol. The molecule has 2 aromatic heterocycles. The number of pyridine rings is 1. The number of hydrogen-bond donors (Lipinski definition) is 0. The molecule has 0 spiro atoms. The molecule has 15 heavy (non-hydrogen) atoms. The molecule has 2 rings (SSSR count). The molecule has 80 valence electrons. The number of aryl methyl sites for hydroxylation is 1. The third-order valence-corrected chi connectivity index (χ3v) is 2.38. The predicted octanol–water partition coefficient (Wildman–Crippen LogP) is -1.96. The highest BCUT2D eigenvalue weighted by atomic mass is 127. The molecule has 0 aliphatic rings. The Balaban J connectivity index is 0.00000112. The van der Waals surface area contributed by atoms with E-state index in [0.717, 1.165) is 23.0 Å². The van der Waals surface area contributed by atoms with Crippen LogP contribution < -0.4 is 33.3 Å². The lowest BCUT2D eigenvalue weighted by atomic mass is 10.2. The van der Waals surface area contributed by atoms with Crippen LogP contribution in [0.2, 0.25) is 0 Å². The number of rotatable bonds is 2. The van der Waals surface area contributed by atoms with Crippen molar-refractivity contribution in [2.24, 2.45) is 7.05 Å². The van der Waals surface area contributed by atoms with Crippen molar-refractivity contribution in [2.75, 3.05) is 7.11 Å².